The maximum Gasteiger partial charge on any atom is 0.307 e. The molecule has 2 aromatic rings. The number of rotatable bonds is 10. The van der Waals surface area contributed by atoms with Gasteiger partial charge in [-0.15, -0.1) is 0 Å². The van der Waals surface area contributed by atoms with E-state index >= 15 is 0 Å². The molecule has 0 bridgehead atoms. The first kappa shape index (κ1) is 26.2. The number of anilines is 1. The van der Waals surface area contributed by atoms with Crippen LogP contribution in [0.4, 0.5) is 5.69 Å². The summed E-state index contributed by atoms with van der Waals surface area (Å²) in [5, 5.41) is 2.57. The highest BCUT2D eigenvalue weighted by molar-refractivity contribution is 7.89. The summed E-state index contributed by atoms with van der Waals surface area (Å²) in [6.07, 6.45) is -1.24. The number of carbonyl (C=O) groups excluding carboxylic acids is 3. The van der Waals surface area contributed by atoms with Crippen molar-refractivity contribution in [3.63, 3.8) is 0 Å². The molecule has 0 saturated heterocycles. The molecule has 0 spiro atoms. The van der Waals surface area contributed by atoms with Crippen molar-refractivity contribution < 1.29 is 27.5 Å². The molecule has 0 fully saturated rings. The van der Waals surface area contributed by atoms with Crippen molar-refractivity contribution in [1.29, 1.82) is 0 Å². The summed E-state index contributed by atoms with van der Waals surface area (Å²) in [6, 6.07) is 10.9. The molecule has 0 saturated carbocycles. The minimum absolute atomic E-state index is 0.0161. The third kappa shape index (κ3) is 7.80. The molecule has 178 valence electrons. The highest BCUT2D eigenvalue weighted by Crippen LogP contribution is 2.16. The first-order valence-electron chi connectivity index (χ1n) is 10.6. The van der Waals surface area contributed by atoms with Crippen LogP contribution in [0.2, 0.25) is 0 Å². The van der Waals surface area contributed by atoms with Gasteiger partial charge < -0.3 is 10.1 Å². The molecule has 1 unspecified atom stereocenters. The molecule has 2 N–H and O–H groups in total. The van der Waals surface area contributed by atoms with Gasteiger partial charge in [0.1, 0.15) is 0 Å². The molecule has 1 atom stereocenters. The normalized spacial score (nSPS) is 12.3. The Labute approximate surface area is 194 Å². The summed E-state index contributed by atoms with van der Waals surface area (Å²) >= 11 is 0. The van der Waals surface area contributed by atoms with Crippen molar-refractivity contribution in [3.8, 4) is 0 Å². The van der Waals surface area contributed by atoms with Crippen LogP contribution in [-0.2, 0) is 24.3 Å². The molecule has 0 aromatic heterocycles. The Bertz CT molecular complexity index is 1120. The number of amides is 1. The van der Waals surface area contributed by atoms with Crippen molar-refractivity contribution in [3.05, 3.63) is 59.2 Å². The molecule has 33 heavy (non-hydrogen) atoms. The van der Waals surface area contributed by atoms with E-state index in [-0.39, 0.29) is 29.6 Å². The molecule has 0 radical (unpaired) electrons. The molecule has 1 amide bonds. The number of aryl methyl sites for hydroxylation is 2. The molecule has 0 heterocycles. The van der Waals surface area contributed by atoms with Crippen molar-refractivity contribution in [1.82, 2.24) is 4.72 Å². The Kier molecular flexibility index (Phi) is 8.90. The first-order valence-corrected chi connectivity index (χ1v) is 12.1. The lowest BCUT2D eigenvalue weighted by Gasteiger charge is -2.14. The lowest BCUT2D eigenvalue weighted by Crippen LogP contribution is -2.31. The number of sulfonamides is 1. The van der Waals surface area contributed by atoms with Gasteiger partial charge in [0.25, 0.3) is 5.91 Å². The zero-order valence-corrected chi connectivity index (χ0v) is 20.3. The van der Waals surface area contributed by atoms with E-state index in [9.17, 15) is 22.8 Å². The number of ether oxygens (including phenoxy) is 1. The lowest BCUT2D eigenvalue weighted by molar-refractivity contribution is -0.153. The lowest BCUT2D eigenvalue weighted by atomic mass is 9.99. The van der Waals surface area contributed by atoms with Crippen LogP contribution in [-0.4, -0.2) is 38.2 Å². The number of hydrogen-bond acceptors (Lipinski definition) is 6. The minimum atomic E-state index is -3.64. The second-order valence-corrected chi connectivity index (χ2v) is 9.88. The van der Waals surface area contributed by atoms with Crippen LogP contribution in [0.5, 0.6) is 0 Å². The van der Waals surface area contributed by atoms with Gasteiger partial charge in [-0.3, -0.25) is 14.4 Å². The summed E-state index contributed by atoms with van der Waals surface area (Å²) < 4.78 is 31.9. The van der Waals surface area contributed by atoms with Gasteiger partial charge in [0, 0.05) is 23.7 Å². The van der Waals surface area contributed by atoms with E-state index in [1.807, 2.05) is 26.0 Å². The number of esters is 1. The summed E-state index contributed by atoms with van der Waals surface area (Å²) in [5.74, 6) is -1.38. The number of nitrogens with one attached hydrogen (secondary N) is 2. The van der Waals surface area contributed by atoms with E-state index in [0.29, 0.717) is 11.3 Å². The van der Waals surface area contributed by atoms with Crippen molar-refractivity contribution in [2.45, 2.75) is 64.5 Å². The summed E-state index contributed by atoms with van der Waals surface area (Å²) in [7, 11) is -3.64. The van der Waals surface area contributed by atoms with Crippen LogP contribution in [0.25, 0.3) is 0 Å². The number of Topliss-reactive ketones (excluding diaryl/α,β-unsaturated/α-hetero) is 1. The van der Waals surface area contributed by atoms with Gasteiger partial charge in [0.15, 0.2) is 11.9 Å². The van der Waals surface area contributed by atoms with Crippen LogP contribution < -0.4 is 10.0 Å². The molecule has 0 aliphatic rings. The van der Waals surface area contributed by atoms with E-state index in [2.05, 4.69) is 10.0 Å². The van der Waals surface area contributed by atoms with Crippen LogP contribution >= 0.6 is 0 Å². The van der Waals surface area contributed by atoms with Crippen LogP contribution in [0.1, 0.15) is 55.1 Å². The first-order chi connectivity index (χ1) is 15.4. The molecule has 2 rings (SSSR count). The molecular weight excluding hydrogens is 444 g/mol. The highest BCUT2D eigenvalue weighted by atomic mass is 32.2. The monoisotopic (exact) mass is 474 g/mol. The number of ketones is 1. The van der Waals surface area contributed by atoms with Crippen LogP contribution in [0.3, 0.4) is 0 Å². The highest BCUT2D eigenvalue weighted by Gasteiger charge is 2.20. The van der Waals surface area contributed by atoms with Crippen molar-refractivity contribution >= 4 is 33.4 Å². The Hall–Kier alpha value is -3.04. The van der Waals surface area contributed by atoms with E-state index < -0.39 is 28.0 Å². The number of hydrogen-bond donors (Lipinski definition) is 2. The largest absolute Gasteiger partial charge is 0.453 e. The topological polar surface area (TPSA) is 119 Å². The second kappa shape index (κ2) is 11.2. The van der Waals surface area contributed by atoms with Crippen molar-refractivity contribution in [2.75, 3.05) is 5.32 Å². The van der Waals surface area contributed by atoms with Gasteiger partial charge in [-0.25, -0.2) is 13.1 Å². The fourth-order valence-electron chi connectivity index (χ4n) is 3.04. The van der Waals surface area contributed by atoms with E-state index in [0.717, 1.165) is 11.1 Å². The molecule has 0 aliphatic carbocycles. The Morgan fingerprint density at radius 3 is 2.18 bits per heavy atom. The number of carbonyl (C=O) groups is 3. The minimum Gasteiger partial charge on any atom is -0.453 e. The summed E-state index contributed by atoms with van der Waals surface area (Å²) in [5.41, 5.74) is 2.73. The molecule has 9 heteroatoms. The second-order valence-electron chi connectivity index (χ2n) is 8.16. The van der Waals surface area contributed by atoms with E-state index in [4.69, 9.17) is 4.74 Å². The molecular formula is C24H30N2O6S. The maximum atomic E-state index is 12.4. The fourth-order valence-corrected chi connectivity index (χ4v) is 4.29. The Morgan fingerprint density at radius 2 is 1.58 bits per heavy atom. The Morgan fingerprint density at radius 1 is 0.939 bits per heavy atom. The zero-order chi connectivity index (χ0) is 24.8. The summed E-state index contributed by atoms with van der Waals surface area (Å²) in [4.78, 5) is 36.9. The third-order valence-electron chi connectivity index (χ3n) is 4.75. The maximum absolute atomic E-state index is 12.4. The Balaban J connectivity index is 1.88. The summed E-state index contributed by atoms with van der Waals surface area (Å²) in [6.45, 7) is 8.58. The quantitative estimate of drug-likeness (QED) is 0.402. The van der Waals surface area contributed by atoms with Crippen LogP contribution in [0, 0.1) is 13.8 Å². The van der Waals surface area contributed by atoms with Gasteiger partial charge >= 0.3 is 5.97 Å². The molecule has 2 aromatic carbocycles. The van der Waals surface area contributed by atoms with Gasteiger partial charge in [-0.2, -0.15) is 0 Å². The fraction of sp³-hybridized carbons (Fsp3) is 0.375. The molecule has 8 nitrogen and oxygen atoms in total. The zero-order valence-electron chi connectivity index (χ0n) is 19.5. The average molecular weight is 475 g/mol. The number of benzene rings is 2. The third-order valence-corrected chi connectivity index (χ3v) is 6.42. The van der Waals surface area contributed by atoms with Gasteiger partial charge in [-0.05, 0) is 70.5 Å². The predicted octanol–water partition coefficient (Wildman–Crippen LogP) is 3.52. The van der Waals surface area contributed by atoms with Crippen molar-refractivity contribution in [2.24, 2.45) is 0 Å². The van der Waals surface area contributed by atoms with E-state index in [1.54, 1.807) is 19.9 Å². The van der Waals surface area contributed by atoms with Gasteiger partial charge in [0.2, 0.25) is 10.0 Å². The van der Waals surface area contributed by atoms with Gasteiger partial charge in [0.05, 0.1) is 11.3 Å². The van der Waals surface area contributed by atoms with Gasteiger partial charge in [-0.1, -0.05) is 17.7 Å². The average Bonchev–Trinajstić information content (AvgIpc) is 2.73. The standard InChI is InChI=1S/C24H30N2O6S/c1-15(2)26-33(30,31)20-10-8-19(9-11-20)25-24(29)18(5)32-23(28)13-12-22(27)21-14-16(3)6-7-17(21)4/h6-11,14-15,18,26H,12-13H2,1-5H3,(H,25,29). The SMILES string of the molecule is Cc1ccc(C)c(C(=O)CCC(=O)OC(C)C(=O)Nc2ccc(S(=O)(=O)NC(C)C)cc2)c1. The predicted molar refractivity (Wildman–Crippen MR) is 126 cm³/mol. The molecule has 0 aliphatic heterocycles. The van der Waals surface area contributed by atoms with Crippen LogP contribution in [0.15, 0.2) is 47.4 Å². The smallest absolute Gasteiger partial charge is 0.307 e. The van der Waals surface area contributed by atoms with E-state index in [1.165, 1.54) is 31.2 Å².